The van der Waals surface area contributed by atoms with E-state index in [2.05, 4.69) is 0 Å². The van der Waals surface area contributed by atoms with Crippen LogP contribution in [0.4, 0.5) is 52.7 Å². The summed E-state index contributed by atoms with van der Waals surface area (Å²) in [6.45, 7) is 0. The Morgan fingerprint density at radius 3 is 1.44 bits per heavy atom. The summed E-state index contributed by atoms with van der Waals surface area (Å²) in [7, 11) is -7.61. The quantitative estimate of drug-likeness (QED) is 0.349. The van der Waals surface area contributed by atoms with Crippen LogP contribution in [0.1, 0.15) is 12.8 Å². The van der Waals surface area contributed by atoms with Crippen LogP contribution in [-0.4, -0.2) is 48.3 Å². The van der Waals surface area contributed by atoms with E-state index >= 15 is 0 Å². The van der Waals surface area contributed by atoms with Crippen molar-refractivity contribution in [3.8, 4) is 0 Å². The van der Waals surface area contributed by atoms with Crippen LogP contribution in [0.3, 0.4) is 0 Å². The second kappa shape index (κ2) is 7.35. The summed E-state index contributed by atoms with van der Waals surface area (Å²) in [6.07, 6.45) is -15.1. The Morgan fingerprint density at radius 1 is 0.800 bits per heavy atom. The SMILES string of the molecule is O=S(=O)([O-])C(F)(F)C(F)(F)C(F)(F)C(F)(F)C(F)CCC(F)(F)F.[Li+]. The third kappa shape index (κ3) is 4.89. The molecule has 146 valence electrons. The minimum Gasteiger partial charge on any atom is -0.743 e. The van der Waals surface area contributed by atoms with Crippen molar-refractivity contribution in [2.75, 3.05) is 0 Å². The summed E-state index contributed by atoms with van der Waals surface area (Å²) < 4.78 is 180. The first kappa shape index (κ1) is 26.9. The molecule has 1 unspecified atom stereocenters. The smallest absolute Gasteiger partial charge is 0.743 e. The maximum Gasteiger partial charge on any atom is 1.00 e. The second-order valence-electron chi connectivity index (χ2n) is 4.36. The van der Waals surface area contributed by atoms with Gasteiger partial charge in [-0.15, -0.1) is 0 Å². The Bertz CT molecular complexity index is 557. The van der Waals surface area contributed by atoms with E-state index < -0.39 is 58.3 Å². The Labute approximate surface area is 143 Å². The van der Waals surface area contributed by atoms with Crippen LogP contribution >= 0.6 is 0 Å². The molecule has 1 atom stereocenters. The van der Waals surface area contributed by atoms with Gasteiger partial charge < -0.3 is 4.55 Å². The molecule has 0 amide bonds. The fraction of sp³-hybridized carbons (Fsp3) is 1.00. The normalized spacial score (nSPS) is 16.4. The van der Waals surface area contributed by atoms with Crippen molar-refractivity contribution in [3.63, 3.8) is 0 Å². The molecule has 0 fully saturated rings. The first-order valence-corrected chi connectivity index (χ1v) is 6.71. The summed E-state index contributed by atoms with van der Waals surface area (Å²) in [6, 6.07) is 0. The molecule has 0 aliphatic rings. The van der Waals surface area contributed by atoms with Crippen LogP contribution < -0.4 is 18.9 Å². The average molecular weight is 416 g/mol. The molecule has 0 saturated heterocycles. The first-order valence-electron chi connectivity index (χ1n) is 5.30. The van der Waals surface area contributed by atoms with E-state index in [1.165, 1.54) is 0 Å². The molecule has 17 heteroatoms. The van der Waals surface area contributed by atoms with Crippen LogP contribution in [0, 0.1) is 0 Å². The van der Waals surface area contributed by atoms with Gasteiger partial charge in [0.2, 0.25) is 0 Å². The molecule has 0 rings (SSSR count). The fourth-order valence-electron chi connectivity index (χ4n) is 1.22. The summed E-state index contributed by atoms with van der Waals surface area (Å²) in [5.74, 6) is -22.0. The molecule has 0 bridgehead atoms. The molecule has 0 aromatic carbocycles. The van der Waals surface area contributed by atoms with Crippen molar-refractivity contribution in [1.29, 1.82) is 0 Å². The van der Waals surface area contributed by atoms with E-state index in [4.69, 9.17) is 0 Å². The largest absolute Gasteiger partial charge is 1.00 e. The number of hydrogen-bond acceptors (Lipinski definition) is 3. The Morgan fingerprint density at radius 2 is 1.16 bits per heavy atom. The maximum atomic E-state index is 13.0. The van der Waals surface area contributed by atoms with Gasteiger partial charge >= 0.3 is 48.1 Å². The van der Waals surface area contributed by atoms with Crippen LogP contribution in [0.25, 0.3) is 0 Å². The van der Waals surface area contributed by atoms with Gasteiger partial charge in [0.1, 0.15) is 0 Å². The zero-order chi connectivity index (χ0) is 20.0. The number of alkyl halides is 12. The third-order valence-electron chi connectivity index (χ3n) is 2.57. The van der Waals surface area contributed by atoms with Crippen LogP contribution in [0.5, 0.6) is 0 Å². The molecular formula is C8H5F12LiO3S. The molecule has 0 saturated carbocycles. The Hall–Kier alpha value is -0.333. The van der Waals surface area contributed by atoms with Crippen LogP contribution in [-0.2, 0) is 10.1 Å². The molecule has 0 heterocycles. The molecule has 0 N–H and O–H groups in total. The minimum atomic E-state index is -7.62. The van der Waals surface area contributed by atoms with E-state index in [9.17, 15) is 65.7 Å². The number of hydrogen-bond donors (Lipinski definition) is 0. The third-order valence-corrected chi connectivity index (χ3v) is 3.45. The topological polar surface area (TPSA) is 57.2 Å². The minimum absolute atomic E-state index is 0. The zero-order valence-electron chi connectivity index (χ0n) is 11.7. The fourth-order valence-corrected chi connectivity index (χ4v) is 1.66. The van der Waals surface area contributed by atoms with Gasteiger partial charge in [0.15, 0.2) is 16.3 Å². The molecular weight excluding hydrogens is 411 g/mol. The van der Waals surface area contributed by atoms with Gasteiger partial charge in [-0.2, -0.15) is 48.3 Å². The van der Waals surface area contributed by atoms with Gasteiger partial charge in [0.05, 0.1) is 0 Å². The predicted octanol–water partition coefficient (Wildman–Crippen LogP) is 0.715. The second-order valence-corrected chi connectivity index (χ2v) is 5.79. The van der Waals surface area contributed by atoms with Gasteiger partial charge in [-0.3, -0.25) is 0 Å². The molecule has 3 nitrogen and oxygen atoms in total. The first-order chi connectivity index (χ1) is 10.1. The average Bonchev–Trinajstić information content (AvgIpc) is 2.32. The summed E-state index contributed by atoms with van der Waals surface area (Å²) in [4.78, 5) is 0. The Kier molecular flexibility index (Phi) is 7.91. The van der Waals surface area contributed by atoms with Crippen LogP contribution in [0.15, 0.2) is 0 Å². The van der Waals surface area contributed by atoms with Crippen molar-refractivity contribution in [3.05, 3.63) is 0 Å². The monoisotopic (exact) mass is 416 g/mol. The van der Waals surface area contributed by atoms with Gasteiger partial charge in [0.25, 0.3) is 0 Å². The number of rotatable bonds is 7. The molecule has 0 spiro atoms. The molecule has 0 radical (unpaired) electrons. The zero-order valence-corrected chi connectivity index (χ0v) is 12.5. The summed E-state index contributed by atoms with van der Waals surface area (Å²) in [5, 5.41) is -7.29. The molecule has 0 aromatic heterocycles. The van der Waals surface area contributed by atoms with E-state index in [0.717, 1.165) is 0 Å². The summed E-state index contributed by atoms with van der Waals surface area (Å²) >= 11 is 0. The predicted molar refractivity (Wildman–Crippen MR) is 49.7 cm³/mol. The van der Waals surface area contributed by atoms with Gasteiger partial charge in [-0.25, -0.2) is 12.8 Å². The van der Waals surface area contributed by atoms with Gasteiger partial charge in [0, 0.05) is 6.42 Å². The number of halogens is 12. The van der Waals surface area contributed by atoms with E-state index in [1.807, 2.05) is 0 Å². The Balaban J connectivity index is 0. The van der Waals surface area contributed by atoms with Crippen molar-refractivity contribution < 1.29 is 84.5 Å². The maximum absolute atomic E-state index is 13.0. The van der Waals surface area contributed by atoms with Crippen molar-refractivity contribution in [2.24, 2.45) is 0 Å². The van der Waals surface area contributed by atoms with E-state index in [1.54, 1.807) is 0 Å². The van der Waals surface area contributed by atoms with E-state index in [0.29, 0.717) is 0 Å². The van der Waals surface area contributed by atoms with Gasteiger partial charge in [-0.05, 0) is 6.42 Å². The molecule has 0 aromatic rings. The van der Waals surface area contributed by atoms with Crippen molar-refractivity contribution >= 4 is 10.1 Å². The van der Waals surface area contributed by atoms with Crippen LogP contribution in [0.2, 0.25) is 0 Å². The van der Waals surface area contributed by atoms with Crippen molar-refractivity contribution in [1.82, 2.24) is 0 Å². The van der Waals surface area contributed by atoms with Gasteiger partial charge in [-0.1, -0.05) is 0 Å². The molecule has 0 aliphatic carbocycles. The molecule has 0 aliphatic heterocycles. The van der Waals surface area contributed by atoms with E-state index in [-0.39, 0.29) is 18.9 Å². The molecule has 25 heavy (non-hydrogen) atoms. The summed E-state index contributed by atoms with van der Waals surface area (Å²) in [5.41, 5.74) is 0. The standard InChI is InChI=1S/C8H6F12O3S.Li/c9-3(1-2-4(10,11)12)5(13,14)6(15,16)7(17,18)8(19,20)24(21,22)23;/h3H,1-2H2,(H,21,22,23);/q;+1/p-1. The van der Waals surface area contributed by atoms with Crippen molar-refractivity contribution in [2.45, 2.75) is 48.2 Å².